The first-order chi connectivity index (χ1) is 8.54. The molecule has 1 atom stereocenters. The summed E-state index contributed by atoms with van der Waals surface area (Å²) < 4.78 is 14.6. The fourth-order valence-electron chi connectivity index (χ4n) is 1.99. The topological polar surface area (TPSA) is 20.3 Å². The molecule has 1 amide bonds. The second-order valence-corrected chi connectivity index (χ2v) is 6.42. The lowest BCUT2D eigenvalue weighted by molar-refractivity contribution is -0.127. The molecule has 5 heteroatoms. The van der Waals surface area contributed by atoms with E-state index in [9.17, 15) is 9.18 Å². The highest BCUT2D eigenvalue weighted by atomic mass is 127. The minimum Gasteiger partial charge on any atom is -0.311 e. The Hall–Kier alpha value is -0.430. The number of halogens is 3. The van der Waals surface area contributed by atoms with Crippen molar-refractivity contribution >= 4 is 50.1 Å². The monoisotopic (exact) mass is 423 g/mol. The van der Waals surface area contributed by atoms with Gasteiger partial charge in [0.15, 0.2) is 0 Å². The van der Waals surface area contributed by atoms with E-state index in [0.717, 1.165) is 0 Å². The number of rotatable bonds is 2. The van der Waals surface area contributed by atoms with Crippen LogP contribution in [0.5, 0.6) is 0 Å². The van der Waals surface area contributed by atoms with Gasteiger partial charge in [-0.05, 0) is 31.5 Å². The van der Waals surface area contributed by atoms with Crippen LogP contribution in [0.15, 0.2) is 28.7 Å². The van der Waals surface area contributed by atoms with E-state index in [1.54, 1.807) is 17.0 Å². The summed E-state index contributed by atoms with van der Waals surface area (Å²) in [6.07, 6.45) is 2.59. The van der Waals surface area contributed by atoms with Crippen LogP contribution in [0.2, 0.25) is 0 Å². The number of alkyl halides is 1. The smallest absolute Gasteiger partial charge is 0.240 e. The Bertz CT molecular complexity index is 518. The molecule has 1 aliphatic rings. The number of hydrogen-bond acceptors (Lipinski definition) is 1. The molecule has 1 aromatic rings. The van der Waals surface area contributed by atoms with Gasteiger partial charge in [0.2, 0.25) is 5.91 Å². The zero-order chi connectivity index (χ0) is 13.3. The minimum atomic E-state index is -0.311. The Morgan fingerprint density at radius 1 is 1.56 bits per heavy atom. The van der Waals surface area contributed by atoms with Gasteiger partial charge in [-0.15, -0.1) is 0 Å². The van der Waals surface area contributed by atoms with Crippen LogP contribution in [0, 0.1) is 5.82 Å². The zero-order valence-corrected chi connectivity index (χ0v) is 13.5. The van der Waals surface area contributed by atoms with Crippen molar-refractivity contribution < 1.29 is 9.18 Å². The van der Waals surface area contributed by atoms with Gasteiger partial charge in [-0.25, -0.2) is 4.39 Å². The number of hydrogen-bond donors (Lipinski definition) is 0. The maximum Gasteiger partial charge on any atom is 0.240 e. The fourth-order valence-corrected chi connectivity index (χ4v) is 2.92. The highest BCUT2D eigenvalue weighted by molar-refractivity contribution is 14.1. The van der Waals surface area contributed by atoms with Gasteiger partial charge in [-0.1, -0.05) is 44.6 Å². The van der Waals surface area contributed by atoms with Crippen LogP contribution in [0.25, 0.3) is 5.70 Å². The van der Waals surface area contributed by atoms with E-state index in [2.05, 4.69) is 38.5 Å². The van der Waals surface area contributed by atoms with Crippen LogP contribution < -0.4 is 0 Å². The van der Waals surface area contributed by atoms with E-state index in [1.165, 1.54) is 6.07 Å². The van der Waals surface area contributed by atoms with Crippen molar-refractivity contribution in [3.63, 3.8) is 0 Å². The molecule has 0 fully saturated rings. The highest BCUT2D eigenvalue weighted by Crippen LogP contribution is 2.31. The van der Waals surface area contributed by atoms with Gasteiger partial charge in [0.1, 0.15) is 5.82 Å². The first-order valence-electron chi connectivity index (χ1n) is 5.65. The van der Waals surface area contributed by atoms with Gasteiger partial charge < -0.3 is 4.90 Å². The first-order valence-corrected chi connectivity index (χ1v) is 7.69. The van der Waals surface area contributed by atoms with Crippen molar-refractivity contribution in [1.82, 2.24) is 4.90 Å². The average Bonchev–Trinajstić information content (AvgIpc) is 2.33. The Kier molecular flexibility index (Phi) is 4.42. The maximum atomic E-state index is 14.0. The fraction of sp³-hybridized carbons (Fsp3) is 0.308. The summed E-state index contributed by atoms with van der Waals surface area (Å²) in [6, 6.07) is 4.91. The van der Waals surface area contributed by atoms with Crippen LogP contribution >= 0.6 is 38.5 Å². The van der Waals surface area contributed by atoms with Crippen LogP contribution in [0.1, 0.15) is 18.9 Å². The SMILES string of the molecule is CCN1C(=O)C(I)CC=C1c1ccc(Br)cc1F. The average molecular weight is 424 g/mol. The number of amides is 1. The van der Waals surface area contributed by atoms with Crippen LogP contribution in [0.3, 0.4) is 0 Å². The lowest BCUT2D eigenvalue weighted by Crippen LogP contribution is -2.38. The normalized spacial score (nSPS) is 20.0. The number of carbonyl (C=O) groups is 1. The number of benzene rings is 1. The molecule has 0 saturated carbocycles. The Morgan fingerprint density at radius 2 is 2.28 bits per heavy atom. The number of allylic oxidation sites excluding steroid dienone is 1. The van der Waals surface area contributed by atoms with Crippen molar-refractivity contribution in [2.75, 3.05) is 6.54 Å². The summed E-state index contributed by atoms with van der Waals surface area (Å²) in [5.41, 5.74) is 1.16. The van der Waals surface area contributed by atoms with E-state index < -0.39 is 0 Å². The maximum absolute atomic E-state index is 14.0. The molecule has 2 rings (SSSR count). The van der Waals surface area contributed by atoms with Gasteiger partial charge in [0, 0.05) is 22.3 Å². The lowest BCUT2D eigenvalue weighted by atomic mass is 10.0. The third-order valence-electron chi connectivity index (χ3n) is 2.87. The summed E-state index contributed by atoms with van der Waals surface area (Å²) in [5, 5.41) is 0. The molecule has 0 bridgehead atoms. The number of nitrogens with zero attached hydrogens (tertiary/aromatic N) is 1. The van der Waals surface area contributed by atoms with Gasteiger partial charge in [-0.2, -0.15) is 0 Å². The summed E-state index contributed by atoms with van der Waals surface area (Å²) in [4.78, 5) is 13.7. The van der Waals surface area contributed by atoms with Crippen LogP contribution in [0.4, 0.5) is 4.39 Å². The predicted molar refractivity (Wildman–Crippen MR) is 81.9 cm³/mol. The minimum absolute atomic E-state index is 0.0511. The molecule has 0 aliphatic carbocycles. The Morgan fingerprint density at radius 3 is 2.89 bits per heavy atom. The summed E-state index contributed by atoms with van der Waals surface area (Å²) in [6.45, 7) is 2.46. The van der Waals surface area contributed by atoms with Crippen molar-refractivity contribution in [1.29, 1.82) is 0 Å². The molecule has 0 N–H and O–H groups in total. The molecular weight excluding hydrogens is 412 g/mol. The van der Waals surface area contributed by atoms with E-state index in [0.29, 0.717) is 28.7 Å². The third kappa shape index (κ3) is 2.61. The molecule has 1 aromatic carbocycles. The van der Waals surface area contributed by atoms with E-state index in [4.69, 9.17) is 0 Å². The first kappa shape index (κ1) is 14.0. The predicted octanol–water partition coefficient (Wildman–Crippen LogP) is 3.98. The Labute approximate surface area is 128 Å². The van der Waals surface area contributed by atoms with E-state index >= 15 is 0 Å². The molecular formula is C13H12BrFINO. The molecule has 1 unspecified atom stereocenters. The molecule has 2 nitrogen and oxygen atoms in total. The Balaban J connectivity index is 2.45. The molecule has 0 aromatic heterocycles. The zero-order valence-electron chi connectivity index (χ0n) is 9.79. The highest BCUT2D eigenvalue weighted by Gasteiger charge is 2.29. The summed E-state index contributed by atoms with van der Waals surface area (Å²) >= 11 is 5.36. The lowest BCUT2D eigenvalue weighted by Gasteiger charge is -2.30. The molecule has 0 saturated heterocycles. The van der Waals surface area contributed by atoms with Crippen molar-refractivity contribution in [3.05, 3.63) is 40.1 Å². The molecule has 1 aliphatic heterocycles. The quantitative estimate of drug-likeness (QED) is 0.520. The van der Waals surface area contributed by atoms with Crippen LogP contribution in [-0.4, -0.2) is 21.3 Å². The molecule has 0 radical (unpaired) electrons. The molecule has 18 heavy (non-hydrogen) atoms. The van der Waals surface area contributed by atoms with Crippen molar-refractivity contribution in [2.45, 2.75) is 17.3 Å². The standard InChI is InChI=1S/C13H12BrFINO/c1-2-17-12(6-5-11(16)13(17)18)9-4-3-8(14)7-10(9)15/h3-4,6-7,11H,2,5H2,1H3. The number of carbonyl (C=O) groups excluding carboxylic acids is 1. The third-order valence-corrected chi connectivity index (χ3v) is 4.40. The van der Waals surface area contributed by atoms with E-state index in [1.807, 2.05) is 13.0 Å². The molecule has 1 heterocycles. The van der Waals surface area contributed by atoms with Crippen molar-refractivity contribution in [2.24, 2.45) is 0 Å². The van der Waals surface area contributed by atoms with Gasteiger partial charge >= 0.3 is 0 Å². The second kappa shape index (κ2) is 5.69. The molecule has 0 spiro atoms. The van der Waals surface area contributed by atoms with Crippen LogP contribution in [-0.2, 0) is 4.79 Å². The largest absolute Gasteiger partial charge is 0.311 e. The summed E-state index contributed by atoms with van der Waals surface area (Å²) in [7, 11) is 0. The van der Waals surface area contributed by atoms with Crippen molar-refractivity contribution in [3.8, 4) is 0 Å². The van der Waals surface area contributed by atoms with Gasteiger partial charge in [0.05, 0.1) is 3.92 Å². The van der Waals surface area contributed by atoms with Gasteiger partial charge in [0.25, 0.3) is 0 Å². The van der Waals surface area contributed by atoms with E-state index in [-0.39, 0.29) is 15.6 Å². The molecule has 96 valence electrons. The summed E-state index contributed by atoms with van der Waals surface area (Å²) in [5.74, 6) is -0.258. The second-order valence-electron chi connectivity index (χ2n) is 4.00. The van der Waals surface area contributed by atoms with Gasteiger partial charge in [-0.3, -0.25) is 4.79 Å².